The molecule has 82 valence electrons. The zero-order valence-electron chi connectivity index (χ0n) is 9.04. The Labute approximate surface area is 93.9 Å². The number of hydrogen-bond acceptors (Lipinski definition) is 3. The van der Waals surface area contributed by atoms with Gasteiger partial charge >= 0.3 is 0 Å². The monoisotopic (exact) mass is 215 g/mol. The molecule has 4 heteroatoms. The minimum atomic E-state index is 0.518. The highest BCUT2D eigenvalue weighted by atomic mass is 16.4. The molecule has 2 aromatic rings. The van der Waals surface area contributed by atoms with Crippen LogP contribution in [0.25, 0.3) is 0 Å². The highest BCUT2D eigenvalue weighted by Gasteiger charge is 2.08. The van der Waals surface area contributed by atoms with Crippen molar-refractivity contribution in [2.24, 2.45) is 12.2 Å². The molecule has 1 N–H and O–H groups in total. The average molecular weight is 215 g/mol. The van der Waals surface area contributed by atoms with Crippen LogP contribution in [0.15, 0.2) is 47.9 Å². The second-order valence-corrected chi connectivity index (χ2v) is 3.54. The fourth-order valence-electron chi connectivity index (χ4n) is 1.54. The fourth-order valence-corrected chi connectivity index (χ4v) is 1.54. The highest BCUT2D eigenvalue weighted by Crippen LogP contribution is 2.06. The van der Waals surface area contributed by atoms with Crippen LogP contribution in [0.4, 0.5) is 0 Å². The molecule has 0 aliphatic heterocycles. The summed E-state index contributed by atoms with van der Waals surface area (Å²) in [6, 6.07) is 9.59. The number of aryl methyl sites for hydroxylation is 1. The molecule has 0 spiro atoms. The first kappa shape index (κ1) is 10.4. The van der Waals surface area contributed by atoms with Crippen LogP contribution in [0.1, 0.15) is 11.4 Å². The van der Waals surface area contributed by atoms with Gasteiger partial charge in [-0.05, 0) is 5.56 Å². The van der Waals surface area contributed by atoms with E-state index in [0.29, 0.717) is 12.1 Å². The molecule has 0 radical (unpaired) electrons. The van der Waals surface area contributed by atoms with Gasteiger partial charge in [-0.3, -0.25) is 0 Å². The Balaban J connectivity index is 2.24. The van der Waals surface area contributed by atoms with Gasteiger partial charge in [0, 0.05) is 19.4 Å². The number of imidazole rings is 1. The molecule has 0 saturated carbocycles. The number of rotatable bonds is 3. The summed E-state index contributed by atoms with van der Waals surface area (Å²) < 4.78 is 1.91. The molecule has 0 aliphatic carbocycles. The number of oxime groups is 1. The Kier molecular flexibility index (Phi) is 3.00. The van der Waals surface area contributed by atoms with Gasteiger partial charge < -0.3 is 9.77 Å². The number of nitrogens with zero attached hydrogens (tertiary/aromatic N) is 3. The minimum Gasteiger partial charge on any atom is -0.411 e. The van der Waals surface area contributed by atoms with E-state index in [4.69, 9.17) is 5.21 Å². The zero-order chi connectivity index (χ0) is 11.4. The standard InChI is InChI=1S/C12H13N3O/c1-15-8-7-13-12(15)9-11(14-16)10-5-3-2-4-6-10/h2-8,16H,9H2,1H3. The van der Waals surface area contributed by atoms with Crippen molar-refractivity contribution in [2.75, 3.05) is 0 Å². The van der Waals surface area contributed by atoms with Crippen LogP contribution >= 0.6 is 0 Å². The van der Waals surface area contributed by atoms with Crippen molar-refractivity contribution in [3.63, 3.8) is 0 Å². The van der Waals surface area contributed by atoms with Crippen LogP contribution in [0.2, 0.25) is 0 Å². The van der Waals surface area contributed by atoms with Crippen LogP contribution in [0, 0.1) is 0 Å². The molecule has 0 fully saturated rings. The van der Waals surface area contributed by atoms with E-state index in [9.17, 15) is 0 Å². The molecule has 0 bridgehead atoms. The first-order valence-electron chi connectivity index (χ1n) is 5.04. The number of aromatic nitrogens is 2. The van der Waals surface area contributed by atoms with Crippen molar-refractivity contribution in [3.05, 3.63) is 54.1 Å². The number of hydrogen-bond donors (Lipinski definition) is 1. The summed E-state index contributed by atoms with van der Waals surface area (Å²) in [5.41, 5.74) is 1.53. The van der Waals surface area contributed by atoms with Crippen molar-refractivity contribution in [2.45, 2.75) is 6.42 Å². The Morgan fingerprint density at radius 3 is 2.69 bits per heavy atom. The van der Waals surface area contributed by atoms with Crippen molar-refractivity contribution < 1.29 is 5.21 Å². The molecular formula is C12H13N3O. The summed E-state index contributed by atoms with van der Waals surface area (Å²) in [6.45, 7) is 0. The molecule has 4 nitrogen and oxygen atoms in total. The smallest absolute Gasteiger partial charge is 0.114 e. The normalized spacial score (nSPS) is 11.7. The maximum atomic E-state index is 9.02. The summed E-state index contributed by atoms with van der Waals surface area (Å²) in [6.07, 6.45) is 4.12. The van der Waals surface area contributed by atoms with E-state index in [0.717, 1.165) is 11.4 Å². The largest absolute Gasteiger partial charge is 0.411 e. The predicted molar refractivity (Wildman–Crippen MR) is 61.7 cm³/mol. The summed E-state index contributed by atoms with van der Waals surface area (Å²) in [4.78, 5) is 4.20. The third-order valence-corrected chi connectivity index (χ3v) is 2.47. The first-order chi connectivity index (χ1) is 7.81. The summed E-state index contributed by atoms with van der Waals surface area (Å²) in [5, 5.41) is 12.4. The maximum Gasteiger partial charge on any atom is 0.114 e. The summed E-state index contributed by atoms with van der Waals surface area (Å²) in [5.74, 6) is 0.872. The summed E-state index contributed by atoms with van der Waals surface area (Å²) >= 11 is 0. The third-order valence-electron chi connectivity index (χ3n) is 2.47. The Morgan fingerprint density at radius 1 is 1.38 bits per heavy atom. The Morgan fingerprint density at radius 2 is 2.12 bits per heavy atom. The highest BCUT2D eigenvalue weighted by molar-refractivity contribution is 6.01. The molecule has 16 heavy (non-hydrogen) atoms. The van der Waals surface area contributed by atoms with Crippen molar-refractivity contribution in [1.29, 1.82) is 0 Å². The molecular weight excluding hydrogens is 202 g/mol. The van der Waals surface area contributed by atoms with E-state index < -0.39 is 0 Å². The van der Waals surface area contributed by atoms with E-state index >= 15 is 0 Å². The molecule has 1 aromatic heterocycles. The molecule has 0 amide bonds. The quantitative estimate of drug-likeness (QED) is 0.482. The van der Waals surface area contributed by atoms with Gasteiger partial charge in [-0.1, -0.05) is 35.5 Å². The molecule has 0 unspecified atom stereocenters. The second-order valence-electron chi connectivity index (χ2n) is 3.54. The molecule has 1 aromatic carbocycles. The van der Waals surface area contributed by atoms with Crippen LogP contribution in [0.5, 0.6) is 0 Å². The van der Waals surface area contributed by atoms with E-state index in [2.05, 4.69) is 10.1 Å². The number of benzene rings is 1. The topological polar surface area (TPSA) is 50.4 Å². The average Bonchev–Trinajstić information content (AvgIpc) is 2.73. The first-order valence-corrected chi connectivity index (χ1v) is 5.04. The van der Waals surface area contributed by atoms with Crippen LogP contribution < -0.4 is 0 Å². The van der Waals surface area contributed by atoms with Gasteiger partial charge in [-0.25, -0.2) is 4.98 Å². The maximum absolute atomic E-state index is 9.02. The predicted octanol–water partition coefficient (Wildman–Crippen LogP) is 1.84. The van der Waals surface area contributed by atoms with Crippen molar-refractivity contribution >= 4 is 5.71 Å². The third kappa shape index (κ3) is 2.11. The lowest BCUT2D eigenvalue weighted by atomic mass is 10.1. The SMILES string of the molecule is Cn1ccnc1CC(=NO)c1ccccc1. The van der Waals surface area contributed by atoms with Crippen molar-refractivity contribution in [1.82, 2.24) is 9.55 Å². The van der Waals surface area contributed by atoms with Crippen molar-refractivity contribution in [3.8, 4) is 0 Å². The van der Waals surface area contributed by atoms with E-state index in [1.807, 2.05) is 48.1 Å². The van der Waals surface area contributed by atoms with Gasteiger partial charge in [-0.15, -0.1) is 0 Å². The van der Waals surface area contributed by atoms with E-state index in [1.54, 1.807) is 6.20 Å². The van der Waals surface area contributed by atoms with Gasteiger partial charge in [0.1, 0.15) is 5.82 Å². The van der Waals surface area contributed by atoms with Gasteiger partial charge in [0.05, 0.1) is 12.1 Å². The molecule has 0 aliphatic rings. The lowest BCUT2D eigenvalue weighted by Crippen LogP contribution is -2.09. The minimum absolute atomic E-state index is 0.518. The van der Waals surface area contributed by atoms with Gasteiger partial charge in [0.2, 0.25) is 0 Å². The molecule has 2 rings (SSSR count). The Bertz CT molecular complexity index is 488. The van der Waals surface area contributed by atoms with Gasteiger partial charge in [0.15, 0.2) is 0 Å². The second kappa shape index (κ2) is 4.61. The lowest BCUT2D eigenvalue weighted by molar-refractivity contribution is 0.318. The summed E-state index contributed by atoms with van der Waals surface area (Å²) in [7, 11) is 1.92. The molecule has 0 atom stereocenters. The van der Waals surface area contributed by atoms with E-state index in [1.165, 1.54) is 0 Å². The Hall–Kier alpha value is -2.10. The molecule has 0 saturated heterocycles. The van der Waals surface area contributed by atoms with Crippen LogP contribution in [0.3, 0.4) is 0 Å². The van der Waals surface area contributed by atoms with Crippen LogP contribution in [-0.4, -0.2) is 20.5 Å². The van der Waals surface area contributed by atoms with Gasteiger partial charge in [-0.2, -0.15) is 0 Å². The van der Waals surface area contributed by atoms with Crippen LogP contribution in [-0.2, 0) is 13.5 Å². The van der Waals surface area contributed by atoms with E-state index in [-0.39, 0.29) is 0 Å². The molecule has 1 heterocycles. The van der Waals surface area contributed by atoms with Gasteiger partial charge in [0.25, 0.3) is 0 Å². The fraction of sp³-hybridized carbons (Fsp3) is 0.167. The lowest BCUT2D eigenvalue weighted by Gasteiger charge is -2.04. The zero-order valence-corrected chi connectivity index (χ0v) is 9.04.